The lowest BCUT2D eigenvalue weighted by Gasteiger charge is -2.37. The van der Waals surface area contributed by atoms with Crippen LogP contribution in [0.15, 0.2) is 60.7 Å². The SMILES string of the molecule is CC(C)(C)OC(=O)[C@@]1(O)[C@@H](NC(=O)[C@H](CCC(=O)O)NC(=O)OCc2ccccc2)CCN1C(=O)CCCc1ccccc1. The highest BCUT2D eigenvalue weighted by Gasteiger charge is 2.58. The van der Waals surface area contributed by atoms with E-state index in [4.69, 9.17) is 9.47 Å². The van der Waals surface area contributed by atoms with Gasteiger partial charge in [-0.2, -0.15) is 0 Å². The zero-order valence-corrected chi connectivity index (χ0v) is 25.3. The fraction of sp³-hybridized carbons (Fsp3) is 0.469. The fourth-order valence-electron chi connectivity index (χ4n) is 4.85. The summed E-state index contributed by atoms with van der Waals surface area (Å²) >= 11 is 0. The third-order valence-corrected chi connectivity index (χ3v) is 7.02. The maximum absolute atomic E-state index is 13.4. The summed E-state index contributed by atoms with van der Waals surface area (Å²) in [6.07, 6.45) is -0.572. The Morgan fingerprint density at radius 2 is 1.59 bits per heavy atom. The van der Waals surface area contributed by atoms with E-state index >= 15 is 0 Å². The van der Waals surface area contributed by atoms with Crippen LogP contribution in [0.5, 0.6) is 0 Å². The van der Waals surface area contributed by atoms with Crippen LogP contribution in [0.4, 0.5) is 4.79 Å². The summed E-state index contributed by atoms with van der Waals surface area (Å²) in [7, 11) is 0. The first kappa shape index (κ1) is 34.0. The number of amides is 3. The van der Waals surface area contributed by atoms with Gasteiger partial charge in [-0.15, -0.1) is 0 Å². The summed E-state index contributed by atoms with van der Waals surface area (Å²) < 4.78 is 10.7. The number of hydrogen-bond acceptors (Lipinski definition) is 8. The Balaban J connectivity index is 1.74. The number of nitrogens with zero attached hydrogens (tertiary/aromatic N) is 1. The molecule has 1 fully saturated rings. The van der Waals surface area contributed by atoms with Gasteiger partial charge in [0.15, 0.2) is 0 Å². The van der Waals surface area contributed by atoms with Gasteiger partial charge in [0.2, 0.25) is 11.8 Å². The zero-order valence-electron chi connectivity index (χ0n) is 25.3. The molecular weight excluding hydrogens is 570 g/mol. The highest BCUT2D eigenvalue weighted by Crippen LogP contribution is 2.32. The monoisotopic (exact) mass is 611 g/mol. The Morgan fingerprint density at radius 3 is 2.18 bits per heavy atom. The molecular formula is C32H41N3O9. The molecule has 2 aromatic carbocycles. The van der Waals surface area contributed by atoms with Crippen LogP contribution in [0.25, 0.3) is 0 Å². The number of carboxylic acids is 1. The van der Waals surface area contributed by atoms with Crippen molar-refractivity contribution >= 4 is 29.8 Å². The van der Waals surface area contributed by atoms with Gasteiger partial charge in [0.25, 0.3) is 5.72 Å². The van der Waals surface area contributed by atoms with Crippen LogP contribution >= 0.6 is 0 Å². The minimum Gasteiger partial charge on any atom is -0.481 e. The standard InChI is InChI=1S/C32H41N3O9/c1-31(2,3)44-29(40)32(42)25(19-20-35(32)26(36)16-10-15-22-11-6-4-7-12-22)34-28(39)24(17-18-27(37)38)33-30(41)43-21-23-13-8-5-9-14-23/h4-9,11-14,24-25,42H,10,15-21H2,1-3H3,(H,33,41)(H,34,39)(H,37,38)/t24-,25-,32-/m0/s1. The van der Waals surface area contributed by atoms with Gasteiger partial charge in [-0.3, -0.25) is 14.4 Å². The maximum atomic E-state index is 13.4. The number of esters is 1. The molecule has 12 nitrogen and oxygen atoms in total. The van der Waals surface area contributed by atoms with E-state index in [1.807, 2.05) is 30.3 Å². The topological polar surface area (TPSA) is 172 Å². The number of rotatable bonds is 13. The molecule has 1 aliphatic heterocycles. The molecule has 0 aliphatic carbocycles. The molecule has 3 amide bonds. The van der Waals surface area contributed by atoms with Gasteiger partial charge >= 0.3 is 18.0 Å². The molecule has 12 heteroatoms. The molecule has 1 saturated heterocycles. The van der Waals surface area contributed by atoms with Crippen LogP contribution in [-0.2, 0) is 41.7 Å². The molecule has 3 atom stereocenters. The van der Waals surface area contributed by atoms with Crippen LogP contribution in [0.1, 0.15) is 64.0 Å². The molecule has 0 bridgehead atoms. The van der Waals surface area contributed by atoms with Crippen molar-refractivity contribution in [1.82, 2.24) is 15.5 Å². The molecule has 0 spiro atoms. The van der Waals surface area contributed by atoms with E-state index in [-0.39, 0.29) is 32.4 Å². The summed E-state index contributed by atoms with van der Waals surface area (Å²) in [5, 5.41) is 25.9. The van der Waals surface area contributed by atoms with Crippen molar-refractivity contribution in [1.29, 1.82) is 0 Å². The smallest absolute Gasteiger partial charge is 0.408 e. The number of carboxylic acid groups (broad SMARTS) is 1. The van der Waals surface area contributed by atoms with Gasteiger partial charge in [0.05, 0.1) is 6.04 Å². The van der Waals surface area contributed by atoms with Crippen molar-refractivity contribution in [2.75, 3.05) is 6.54 Å². The number of aliphatic carboxylic acids is 1. The lowest BCUT2D eigenvalue weighted by atomic mass is 10.0. The van der Waals surface area contributed by atoms with E-state index in [2.05, 4.69) is 10.6 Å². The third kappa shape index (κ3) is 9.80. The van der Waals surface area contributed by atoms with Gasteiger partial charge in [0, 0.05) is 19.4 Å². The Kier molecular flexibility index (Phi) is 11.9. The summed E-state index contributed by atoms with van der Waals surface area (Å²) in [6.45, 7) is 4.70. The normalized spacial score (nSPS) is 18.6. The van der Waals surface area contributed by atoms with Crippen molar-refractivity contribution in [3.05, 3.63) is 71.8 Å². The lowest BCUT2D eigenvalue weighted by Crippen LogP contribution is -2.65. The molecule has 3 rings (SSSR count). The van der Waals surface area contributed by atoms with Crippen LogP contribution in [0, 0.1) is 0 Å². The molecule has 0 radical (unpaired) electrons. The van der Waals surface area contributed by atoms with Crippen molar-refractivity contribution in [3.8, 4) is 0 Å². The molecule has 0 saturated carbocycles. The maximum Gasteiger partial charge on any atom is 0.408 e. The van der Waals surface area contributed by atoms with Crippen LogP contribution in [0.3, 0.4) is 0 Å². The molecule has 4 N–H and O–H groups in total. The Labute approximate surface area is 256 Å². The number of aliphatic hydroxyl groups is 1. The van der Waals surface area contributed by atoms with E-state index in [0.717, 1.165) is 10.5 Å². The summed E-state index contributed by atoms with van der Waals surface area (Å²) in [6, 6.07) is 15.7. The zero-order chi connectivity index (χ0) is 32.3. The van der Waals surface area contributed by atoms with Gasteiger partial charge in [-0.25, -0.2) is 9.59 Å². The molecule has 44 heavy (non-hydrogen) atoms. The highest BCUT2D eigenvalue weighted by molar-refractivity contribution is 5.91. The summed E-state index contributed by atoms with van der Waals surface area (Å²) in [4.78, 5) is 64.9. The second-order valence-electron chi connectivity index (χ2n) is 11.7. The number of likely N-dealkylation sites (tertiary alicyclic amines) is 1. The average molecular weight is 612 g/mol. The number of alkyl carbamates (subject to hydrolysis) is 1. The van der Waals surface area contributed by atoms with Crippen molar-refractivity contribution in [2.24, 2.45) is 0 Å². The molecule has 2 aromatic rings. The van der Waals surface area contributed by atoms with Gasteiger partial charge in [-0.1, -0.05) is 60.7 Å². The van der Waals surface area contributed by atoms with Gasteiger partial charge in [0.1, 0.15) is 18.2 Å². The summed E-state index contributed by atoms with van der Waals surface area (Å²) in [5.41, 5.74) is -1.80. The van der Waals surface area contributed by atoms with Crippen LogP contribution in [-0.4, -0.2) is 74.9 Å². The number of aryl methyl sites for hydroxylation is 1. The number of nitrogens with one attached hydrogen (secondary N) is 2. The fourth-order valence-corrected chi connectivity index (χ4v) is 4.85. The van der Waals surface area contributed by atoms with Crippen molar-refractivity contribution in [2.45, 2.75) is 89.3 Å². The van der Waals surface area contributed by atoms with E-state index in [9.17, 15) is 34.2 Å². The quantitative estimate of drug-likeness (QED) is 0.249. The number of benzene rings is 2. The molecule has 238 valence electrons. The molecule has 1 aliphatic rings. The van der Waals surface area contributed by atoms with E-state index in [1.54, 1.807) is 51.1 Å². The predicted molar refractivity (Wildman–Crippen MR) is 159 cm³/mol. The van der Waals surface area contributed by atoms with Crippen LogP contribution in [0.2, 0.25) is 0 Å². The van der Waals surface area contributed by atoms with Crippen molar-refractivity contribution in [3.63, 3.8) is 0 Å². The summed E-state index contributed by atoms with van der Waals surface area (Å²) in [5.74, 6) is -3.65. The first-order valence-corrected chi connectivity index (χ1v) is 14.6. The minimum atomic E-state index is -2.53. The Morgan fingerprint density at radius 1 is 0.977 bits per heavy atom. The van der Waals surface area contributed by atoms with Crippen LogP contribution < -0.4 is 10.6 Å². The average Bonchev–Trinajstić information content (AvgIpc) is 3.30. The first-order chi connectivity index (χ1) is 20.8. The number of carbonyl (C=O) groups excluding carboxylic acids is 4. The molecule has 0 unspecified atom stereocenters. The van der Waals surface area contributed by atoms with Crippen molar-refractivity contribution < 1.29 is 43.7 Å². The predicted octanol–water partition coefficient (Wildman–Crippen LogP) is 2.92. The largest absolute Gasteiger partial charge is 0.481 e. The van der Waals surface area contributed by atoms with Gasteiger partial charge < -0.3 is 35.2 Å². The number of carbonyl (C=O) groups is 5. The third-order valence-electron chi connectivity index (χ3n) is 7.02. The van der Waals surface area contributed by atoms with Gasteiger partial charge in [-0.05, 0) is 57.6 Å². The highest BCUT2D eigenvalue weighted by atomic mass is 16.6. The Hall–Kier alpha value is -4.45. The second kappa shape index (κ2) is 15.3. The molecule has 1 heterocycles. The van der Waals surface area contributed by atoms with E-state index in [1.165, 1.54) is 0 Å². The van der Waals surface area contributed by atoms with E-state index < -0.39 is 59.7 Å². The number of hydrogen-bond donors (Lipinski definition) is 4. The second-order valence-corrected chi connectivity index (χ2v) is 11.7. The first-order valence-electron chi connectivity index (χ1n) is 14.6. The molecule has 0 aromatic heterocycles. The lowest BCUT2D eigenvalue weighted by molar-refractivity contribution is -0.200. The van der Waals surface area contributed by atoms with E-state index in [0.29, 0.717) is 18.4 Å². The minimum absolute atomic E-state index is 0.00993. The number of ether oxygens (including phenoxy) is 2. The Bertz CT molecular complexity index is 1300.